The van der Waals surface area contributed by atoms with Crippen molar-refractivity contribution in [2.24, 2.45) is 13.0 Å². The molecule has 0 spiro atoms. The Morgan fingerprint density at radius 3 is 2.42 bits per heavy atom. The lowest BCUT2D eigenvalue weighted by molar-refractivity contribution is -0.121. The van der Waals surface area contributed by atoms with Gasteiger partial charge in [-0.05, 0) is 44.9 Å². The molecule has 1 aromatic carbocycles. The van der Waals surface area contributed by atoms with Crippen LogP contribution in [0.5, 0.6) is 0 Å². The van der Waals surface area contributed by atoms with Crippen molar-refractivity contribution in [2.75, 3.05) is 18.4 Å². The fraction of sp³-hybridized carbons (Fsp3) is 0.400. The Morgan fingerprint density at radius 1 is 1.13 bits per heavy atom. The van der Waals surface area contributed by atoms with E-state index in [0.717, 1.165) is 11.3 Å². The third-order valence-electron chi connectivity index (χ3n) is 5.47. The average Bonchev–Trinajstić information content (AvgIpc) is 3.35. The maximum atomic E-state index is 12.8. The van der Waals surface area contributed by atoms with Crippen molar-refractivity contribution in [3.63, 3.8) is 0 Å². The molecule has 0 atom stereocenters. The molecule has 1 aliphatic rings. The highest BCUT2D eigenvalue weighted by Gasteiger charge is 2.32. The second-order valence-corrected chi connectivity index (χ2v) is 9.63. The number of hydrogen-bond donors (Lipinski definition) is 1. The summed E-state index contributed by atoms with van der Waals surface area (Å²) < 4.78 is 34.3. The van der Waals surface area contributed by atoms with Crippen LogP contribution in [0.4, 0.5) is 6.01 Å². The van der Waals surface area contributed by atoms with Gasteiger partial charge in [-0.25, -0.2) is 8.42 Å². The fourth-order valence-electron chi connectivity index (χ4n) is 3.47. The Bertz CT molecular complexity index is 1170. The van der Waals surface area contributed by atoms with E-state index in [4.69, 9.17) is 4.42 Å². The van der Waals surface area contributed by atoms with Gasteiger partial charge >= 0.3 is 6.01 Å². The number of sulfonamides is 1. The van der Waals surface area contributed by atoms with Crippen LogP contribution in [0.2, 0.25) is 0 Å². The highest BCUT2D eigenvalue weighted by molar-refractivity contribution is 7.89. The first-order valence-corrected chi connectivity index (χ1v) is 11.4. The lowest BCUT2D eigenvalue weighted by Crippen LogP contribution is -2.41. The highest BCUT2D eigenvalue weighted by atomic mass is 32.2. The van der Waals surface area contributed by atoms with E-state index >= 15 is 0 Å². The Morgan fingerprint density at radius 2 is 1.81 bits per heavy atom. The zero-order chi connectivity index (χ0) is 22.2. The van der Waals surface area contributed by atoms with E-state index in [1.165, 1.54) is 4.31 Å². The van der Waals surface area contributed by atoms with Crippen molar-refractivity contribution >= 4 is 21.9 Å². The van der Waals surface area contributed by atoms with Crippen molar-refractivity contribution < 1.29 is 17.6 Å². The SMILES string of the molecule is Cc1ccc(S(=O)(=O)N2CCC(C(=O)Nc3nnc(-c4cc(C)n(C)n4)o3)CC2)cc1. The van der Waals surface area contributed by atoms with Crippen LogP contribution in [-0.2, 0) is 21.9 Å². The van der Waals surface area contributed by atoms with Gasteiger partial charge in [-0.2, -0.15) is 9.40 Å². The minimum absolute atomic E-state index is 0.00184. The maximum absolute atomic E-state index is 12.8. The number of nitrogens with zero attached hydrogens (tertiary/aromatic N) is 5. The number of benzene rings is 1. The molecule has 2 aromatic heterocycles. The first-order valence-electron chi connectivity index (χ1n) is 9.96. The third-order valence-corrected chi connectivity index (χ3v) is 7.38. The van der Waals surface area contributed by atoms with E-state index in [0.29, 0.717) is 18.5 Å². The molecule has 0 bridgehead atoms. The van der Waals surface area contributed by atoms with Crippen molar-refractivity contribution in [3.8, 4) is 11.6 Å². The Labute approximate surface area is 180 Å². The molecule has 1 amide bonds. The number of aromatic nitrogens is 4. The Kier molecular flexibility index (Phi) is 5.63. The van der Waals surface area contributed by atoms with Gasteiger partial charge in [-0.3, -0.25) is 14.8 Å². The minimum Gasteiger partial charge on any atom is -0.401 e. The molecule has 3 aromatic rings. The molecule has 10 nitrogen and oxygen atoms in total. The maximum Gasteiger partial charge on any atom is 0.322 e. The largest absolute Gasteiger partial charge is 0.401 e. The lowest BCUT2D eigenvalue weighted by atomic mass is 9.97. The number of piperidine rings is 1. The summed E-state index contributed by atoms with van der Waals surface area (Å²) in [7, 11) is -1.76. The number of nitrogens with one attached hydrogen (secondary N) is 1. The van der Waals surface area contributed by atoms with Gasteiger partial charge in [0.05, 0.1) is 4.90 Å². The van der Waals surface area contributed by atoms with Gasteiger partial charge < -0.3 is 4.42 Å². The van der Waals surface area contributed by atoms with Crippen LogP contribution in [-0.4, -0.2) is 51.7 Å². The topological polar surface area (TPSA) is 123 Å². The average molecular weight is 445 g/mol. The standard InChI is InChI=1S/C20H24N6O4S/c1-13-4-6-16(7-5-13)31(28,29)26-10-8-15(9-11-26)18(27)21-20-23-22-19(30-20)17-12-14(2)25(3)24-17/h4-7,12,15H,8-11H2,1-3H3,(H,21,23,27). The van der Waals surface area contributed by atoms with E-state index in [-0.39, 0.29) is 41.7 Å². The summed E-state index contributed by atoms with van der Waals surface area (Å²) >= 11 is 0. The normalized spacial score (nSPS) is 15.8. The third kappa shape index (κ3) is 4.37. The Hall–Kier alpha value is -3.05. The van der Waals surface area contributed by atoms with Gasteiger partial charge in [0.25, 0.3) is 5.89 Å². The van der Waals surface area contributed by atoms with E-state index < -0.39 is 10.0 Å². The van der Waals surface area contributed by atoms with Crippen LogP contribution in [0.15, 0.2) is 39.6 Å². The zero-order valence-electron chi connectivity index (χ0n) is 17.6. The summed E-state index contributed by atoms with van der Waals surface area (Å²) in [6.45, 7) is 4.36. The predicted molar refractivity (Wildman–Crippen MR) is 113 cm³/mol. The van der Waals surface area contributed by atoms with Gasteiger partial charge in [0.15, 0.2) is 0 Å². The minimum atomic E-state index is -3.56. The molecule has 1 N–H and O–H groups in total. The van der Waals surface area contributed by atoms with Crippen molar-refractivity contribution in [3.05, 3.63) is 41.6 Å². The summed E-state index contributed by atoms with van der Waals surface area (Å²) in [5.41, 5.74) is 2.46. The van der Waals surface area contributed by atoms with Crippen LogP contribution in [0.25, 0.3) is 11.6 Å². The van der Waals surface area contributed by atoms with Gasteiger partial charge in [-0.15, -0.1) is 5.10 Å². The molecule has 31 heavy (non-hydrogen) atoms. The number of rotatable bonds is 5. The molecule has 0 aliphatic carbocycles. The smallest absolute Gasteiger partial charge is 0.322 e. The van der Waals surface area contributed by atoms with Crippen LogP contribution >= 0.6 is 0 Å². The monoisotopic (exact) mass is 444 g/mol. The summed E-state index contributed by atoms with van der Waals surface area (Å²) in [4.78, 5) is 12.9. The molecule has 0 unspecified atom stereocenters. The summed E-state index contributed by atoms with van der Waals surface area (Å²) in [6, 6.07) is 8.58. The van der Waals surface area contributed by atoms with Gasteiger partial charge in [-0.1, -0.05) is 22.8 Å². The van der Waals surface area contributed by atoms with Crippen molar-refractivity contribution in [1.82, 2.24) is 24.3 Å². The highest BCUT2D eigenvalue weighted by Crippen LogP contribution is 2.25. The number of amides is 1. The second-order valence-electron chi connectivity index (χ2n) is 7.69. The van der Waals surface area contributed by atoms with Crippen LogP contribution < -0.4 is 5.32 Å². The molecule has 1 fully saturated rings. The number of carbonyl (C=O) groups excluding carboxylic acids is 1. The molecule has 11 heteroatoms. The summed E-state index contributed by atoms with van der Waals surface area (Å²) in [5, 5.41) is 14.7. The molecule has 0 radical (unpaired) electrons. The molecule has 1 saturated heterocycles. The molecular formula is C20H24N6O4S. The van der Waals surface area contributed by atoms with Crippen molar-refractivity contribution in [1.29, 1.82) is 0 Å². The first-order chi connectivity index (χ1) is 14.7. The van der Waals surface area contributed by atoms with Crippen LogP contribution in [0.3, 0.4) is 0 Å². The number of hydrogen-bond acceptors (Lipinski definition) is 7. The number of aryl methyl sites for hydroxylation is 3. The fourth-order valence-corrected chi connectivity index (χ4v) is 4.94. The van der Waals surface area contributed by atoms with E-state index in [1.54, 1.807) is 28.9 Å². The predicted octanol–water partition coefficient (Wildman–Crippen LogP) is 2.13. The lowest BCUT2D eigenvalue weighted by Gasteiger charge is -2.30. The number of carbonyl (C=O) groups is 1. The van der Waals surface area contributed by atoms with Crippen LogP contribution in [0, 0.1) is 19.8 Å². The molecule has 4 rings (SSSR count). The molecular weight excluding hydrogens is 420 g/mol. The Balaban J connectivity index is 1.36. The number of anilines is 1. The quantitative estimate of drug-likeness (QED) is 0.639. The van der Waals surface area contributed by atoms with Gasteiger partial charge in [0.2, 0.25) is 15.9 Å². The first kappa shape index (κ1) is 21.2. The van der Waals surface area contributed by atoms with Gasteiger partial charge in [0.1, 0.15) is 5.69 Å². The van der Waals surface area contributed by atoms with E-state index in [1.807, 2.05) is 27.0 Å². The molecule has 164 valence electrons. The van der Waals surface area contributed by atoms with E-state index in [2.05, 4.69) is 20.6 Å². The van der Waals surface area contributed by atoms with Crippen LogP contribution in [0.1, 0.15) is 24.1 Å². The second kappa shape index (κ2) is 8.23. The molecule has 3 heterocycles. The van der Waals surface area contributed by atoms with E-state index in [9.17, 15) is 13.2 Å². The molecule has 0 saturated carbocycles. The zero-order valence-corrected chi connectivity index (χ0v) is 18.4. The molecule has 1 aliphatic heterocycles. The summed E-state index contributed by atoms with van der Waals surface area (Å²) in [6.07, 6.45) is 0.828. The van der Waals surface area contributed by atoms with Gasteiger partial charge in [0, 0.05) is 31.7 Å². The van der Waals surface area contributed by atoms with Crippen molar-refractivity contribution in [2.45, 2.75) is 31.6 Å². The summed E-state index contributed by atoms with van der Waals surface area (Å²) in [5.74, 6) is -0.380.